The Morgan fingerprint density at radius 3 is 2.52 bits per heavy atom. The lowest BCUT2D eigenvalue weighted by atomic mass is 9.95. The van der Waals surface area contributed by atoms with Gasteiger partial charge in [-0.05, 0) is 46.9 Å². The Labute approximate surface area is 281 Å². The zero-order valence-corrected chi connectivity index (χ0v) is 28.0. The smallest absolute Gasteiger partial charge is 0.469 e. The molecule has 0 spiro atoms. The number of carbonyl (C=O) groups is 1. The van der Waals surface area contributed by atoms with Gasteiger partial charge in [0.15, 0.2) is 0 Å². The van der Waals surface area contributed by atoms with Crippen LogP contribution < -0.4 is 14.4 Å². The van der Waals surface area contributed by atoms with E-state index in [1.807, 2.05) is 24.3 Å². The summed E-state index contributed by atoms with van der Waals surface area (Å²) < 4.78 is 54.2. The van der Waals surface area contributed by atoms with Crippen LogP contribution in [0.2, 0.25) is 0 Å². The predicted octanol–water partition coefficient (Wildman–Crippen LogP) is 3.23. The fourth-order valence-electron chi connectivity index (χ4n) is 5.58. The number of amides is 1. The van der Waals surface area contributed by atoms with Gasteiger partial charge in [0.25, 0.3) is 11.6 Å². The molecule has 0 aromatic heterocycles. The van der Waals surface area contributed by atoms with Gasteiger partial charge < -0.3 is 24.2 Å². The van der Waals surface area contributed by atoms with Crippen LogP contribution in [0.3, 0.4) is 0 Å². The van der Waals surface area contributed by atoms with Crippen molar-refractivity contribution in [3.05, 3.63) is 75.8 Å². The summed E-state index contributed by atoms with van der Waals surface area (Å²) in [5, 5.41) is 12.6. The van der Waals surface area contributed by atoms with Gasteiger partial charge >= 0.3 is 7.82 Å². The number of non-ortho nitro benzene ring substituents is 1. The van der Waals surface area contributed by atoms with Crippen molar-refractivity contribution >= 4 is 63.6 Å². The van der Waals surface area contributed by atoms with Crippen molar-refractivity contribution < 1.29 is 46.5 Å². The number of rotatable bonds is 14. The number of nitro benzene ring substituents is 1. The molecule has 3 aromatic carbocycles. The Balaban J connectivity index is 1.33. The lowest BCUT2D eigenvalue weighted by molar-refractivity contribution is -0.383. The number of nitrogens with zero attached hydrogens (tertiary/aromatic N) is 3. The summed E-state index contributed by atoms with van der Waals surface area (Å²) in [6.07, 6.45) is 3.01. The minimum atomic E-state index is -4.79. The minimum Gasteiger partial charge on any atom is -0.492 e. The molecule has 0 bridgehead atoms. The van der Waals surface area contributed by atoms with Crippen LogP contribution in [0.5, 0.6) is 5.75 Å². The van der Waals surface area contributed by atoms with Crippen LogP contribution in [0.4, 0.5) is 11.4 Å². The van der Waals surface area contributed by atoms with Crippen molar-refractivity contribution in [1.29, 1.82) is 0 Å². The van der Waals surface area contributed by atoms with Gasteiger partial charge in [0.05, 0.1) is 40.7 Å². The second-order valence-electron chi connectivity index (χ2n) is 11.0. The van der Waals surface area contributed by atoms with Crippen molar-refractivity contribution in [2.45, 2.75) is 10.8 Å². The molecule has 1 atom stereocenters. The molecule has 18 heteroatoms. The maximum atomic E-state index is 13.4. The summed E-state index contributed by atoms with van der Waals surface area (Å²) in [5.41, 5.74) is 1.23. The third kappa shape index (κ3) is 8.77. The molecule has 1 fully saturated rings. The van der Waals surface area contributed by atoms with Crippen molar-refractivity contribution in [2.24, 2.45) is 0 Å². The first-order valence-electron chi connectivity index (χ1n) is 14.9. The number of fused-ring (bicyclic) bond motifs is 3. The number of nitrogens with one attached hydrogen (secondary N) is 1. The van der Waals surface area contributed by atoms with E-state index in [1.165, 1.54) is 29.2 Å². The number of nitro groups is 1. The van der Waals surface area contributed by atoms with Crippen molar-refractivity contribution in [2.75, 3.05) is 69.9 Å². The van der Waals surface area contributed by atoms with E-state index < -0.39 is 47.5 Å². The highest BCUT2D eigenvalue weighted by atomic mass is 35.5. The number of hydrogen-bond acceptors (Lipinski definition) is 10. The van der Waals surface area contributed by atoms with E-state index in [0.717, 1.165) is 44.5 Å². The molecular weight excluding hydrogens is 691 g/mol. The standard InChI is InChI=1S/C30H34ClN4O11PS/c31-19-22-20-34(29(36)8-3-21-1-4-23(5-2-21)45-16-12-33-10-14-44-15-11-33)28-18-27(35(37)38)26-17-24(6-7-25(26)30(22)28)48(42,43)32-9-13-46-47(39,40)41/h1-8,17-18,22,32H,9-16,19-20H2,(H2,39,40,41)/b8-3+. The van der Waals surface area contributed by atoms with Crippen LogP contribution in [0.15, 0.2) is 59.5 Å². The zero-order chi connectivity index (χ0) is 34.5. The monoisotopic (exact) mass is 724 g/mol. The molecule has 2 heterocycles. The fraction of sp³-hybridized carbons (Fsp3) is 0.367. The highest BCUT2D eigenvalue weighted by Gasteiger charge is 2.36. The quantitative estimate of drug-likeness (QED) is 0.0549. The number of benzene rings is 3. The van der Waals surface area contributed by atoms with E-state index >= 15 is 0 Å². The first kappa shape index (κ1) is 35.9. The number of halogens is 1. The molecular formula is C30H34ClN4O11PS. The largest absolute Gasteiger partial charge is 0.492 e. The first-order chi connectivity index (χ1) is 22.9. The number of phosphoric acid groups is 1. The number of phosphoric ester groups is 1. The Kier molecular flexibility index (Phi) is 11.5. The van der Waals surface area contributed by atoms with Gasteiger partial charge in [-0.3, -0.25) is 24.3 Å². The molecule has 15 nitrogen and oxygen atoms in total. The predicted molar refractivity (Wildman–Crippen MR) is 178 cm³/mol. The molecule has 3 N–H and O–H groups in total. The maximum Gasteiger partial charge on any atom is 0.469 e. The second kappa shape index (κ2) is 15.4. The highest BCUT2D eigenvalue weighted by molar-refractivity contribution is 7.89. The molecule has 2 aliphatic heterocycles. The molecule has 48 heavy (non-hydrogen) atoms. The topological polar surface area (TPSA) is 198 Å². The molecule has 1 unspecified atom stereocenters. The maximum absolute atomic E-state index is 13.4. The van der Waals surface area contributed by atoms with Gasteiger partial charge in [0, 0.05) is 56.7 Å². The molecule has 0 aliphatic carbocycles. The summed E-state index contributed by atoms with van der Waals surface area (Å²) in [6, 6.07) is 12.3. The molecule has 3 aromatic rings. The first-order valence-corrected chi connectivity index (χ1v) is 18.4. The van der Waals surface area contributed by atoms with Crippen molar-refractivity contribution in [3.63, 3.8) is 0 Å². The second-order valence-corrected chi connectivity index (χ2v) is 14.3. The molecule has 258 valence electrons. The Bertz CT molecular complexity index is 1850. The van der Waals surface area contributed by atoms with Crippen LogP contribution in [0.1, 0.15) is 17.0 Å². The summed E-state index contributed by atoms with van der Waals surface area (Å²) >= 11 is 6.30. The summed E-state index contributed by atoms with van der Waals surface area (Å²) in [4.78, 5) is 45.9. The Morgan fingerprint density at radius 2 is 1.85 bits per heavy atom. The Morgan fingerprint density at radius 1 is 1.12 bits per heavy atom. The van der Waals surface area contributed by atoms with Crippen LogP contribution in [-0.4, -0.2) is 99.0 Å². The van der Waals surface area contributed by atoms with Crippen LogP contribution in [0, 0.1) is 10.1 Å². The number of ether oxygens (including phenoxy) is 2. The van der Waals surface area contributed by atoms with E-state index in [9.17, 15) is 27.9 Å². The average molecular weight is 725 g/mol. The Hall–Kier alpha value is -3.44. The van der Waals surface area contributed by atoms with E-state index in [2.05, 4.69) is 14.1 Å². The zero-order valence-electron chi connectivity index (χ0n) is 25.6. The van der Waals surface area contributed by atoms with E-state index in [-0.39, 0.29) is 28.6 Å². The molecule has 1 saturated heterocycles. The fourth-order valence-corrected chi connectivity index (χ4v) is 7.20. The van der Waals surface area contributed by atoms with E-state index in [1.54, 1.807) is 6.08 Å². The number of carbonyl (C=O) groups excluding carboxylic acids is 1. The van der Waals surface area contributed by atoms with Gasteiger partial charge in [-0.1, -0.05) is 18.2 Å². The van der Waals surface area contributed by atoms with Gasteiger partial charge in [0.2, 0.25) is 10.0 Å². The minimum absolute atomic E-state index is 0.0281. The van der Waals surface area contributed by atoms with Crippen LogP contribution in [0.25, 0.3) is 16.8 Å². The highest BCUT2D eigenvalue weighted by Crippen LogP contribution is 2.46. The van der Waals surface area contributed by atoms with Crippen LogP contribution in [-0.2, 0) is 28.6 Å². The van der Waals surface area contributed by atoms with Gasteiger partial charge in [-0.25, -0.2) is 17.7 Å². The SMILES string of the molecule is O=C(/C=C/c1ccc(OCCN2CCOCC2)cc1)N1CC(CCl)c2c1cc([N+](=O)[O-])c1cc(S(=O)(=O)NCCOP(=O)(O)O)ccc21. The molecule has 0 saturated carbocycles. The van der Waals surface area contributed by atoms with E-state index in [4.69, 9.17) is 30.9 Å². The summed E-state index contributed by atoms with van der Waals surface area (Å²) in [7, 11) is -9.02. The number of alkyl halides is 1. The number of anilines is 1. The molecule has 1 amide bonds. The summed E-state index contributed by atoms with van der Waals surface area (Å²) in [6.45, 7) is 3.64. The van der Waals surface area contributed by atoms with Crippen molar-refractivity contribution in [3.8, 4) is 5.75 Å². The third-order valence-electron chi connectivity index (χ3n) is 7.90. The number of morpholine rings is 1. The number of hydrogen-bond donors (Lipinski definition) is 3. The van der Waals surface area contributed by atoms with Crippen LogP contribution >= 0.6 is 19.4 Å². The van der Waals surface area contributed by atoms with Gasteiger partial charge in [0.1, 0.15) is 12.4 Å². The molecule has 0 radical (unpaired) electrons. The van der Waals surface area contributed by atoms with Gasteiger partial charge in [-0.15, -0.1) is 11.6 Å². The normalized spacial score (nSPS) is 17.2. The van der Waals surface area contributed by atoms with E-state index in [0.29, 0.717) is 29.0 Å². The average Bonchev–Trinajstić information content (AvgIpc) is 3.44. The van der Waals surface area contributed by atoms with Crippen molar-refractivity contribution in [1.82, 2.24) is 9.62 Å². The lowest BCUT2D eigenvalue weighted by Crippen LogP contribution is -2.38. The molecule has 5 rings (SSSR count). The lowest BCUT2D eigenvalue weighted by Gasteiger charge is -2.26. The third-order valence-corrected chi connectivity index (χ3v) is 10.3. The van der Waals surface area contributed by atoms with Gasteiger partial charge in [-0.2, -0.15) is 0 Å². The number of sulfonamides is 1. The molecule has 2 aliphatic rings. The summed E-state index contributed by atoms with van der Waals surface area (Å²) in [5.74, 6) is -0.00225.